The van der Waals surface area contributed by atoms with Crippen LogP contribution in [0, 0.1) is 0 Å². The van der Waals surface area contributed by atoms with E-state index in [9.17, 15) is 9.90 Å². The predicted octanol–water partition coefficient (Wildman–Crippen LogP) is 2.15. The number of benzene rings is 1. The quantitative estimate of drug-likeness (QED) is 0.380. The minimum atomic E-state index is -0.0936. The van der Waals surface area contributed by atoms with E-state index in [1.807, 2.05) is 0 Å². The number of halogens is 1. The third kappa shape index (κ3) is 5.09. The fourth-order valence-corrected chi connectivity index (χ4v) is 3.01. The Morgan fingerprint density at radius 3 is 2.57 bits per heavy atom. The molecule has 0 atom stereocenters. The number of aromatic hydroxyl groups is 1. The van der Waals surface area contributed by atoms with Crippen LogP contribution >= 0.6 is 24.0 Å². The van der Waals surface area contributed by atoms with Gasteiger partial charge in [0.1, 0.15) is 11.5 Å². The van der Waals surface area contributed by atoms with Crippen LogP contribution in [-0.2, 0) is 6.54 Å². The minimum Gasteiger partial charge on any atom is -0.508 e. The van der Waals surface area contributed by atoms with E-state index in [0.717, 1.165) is 11.5 Å². The molecule has 1 aliphatic rings. The first-order chi connectivity index (χ1) is 13.1. The number of hydrogen-bond donors (Lipinski definition) is 2. The molecule has 1 aromatic heterocycles. The SMILES string of the molecule is CN=C(NCc1cc(OC)ccc1O)N1CCN(C(=O)c2ccco2)CC1.I. The minimum absolute atomic E-state index is 0. The van der Waals surface area contributed by atoms with Crippen molar-refractivity contribution in [3.63, 3.8) is 0 Å². The van der Waals surface area contributed by atoms with Crippen LogP contribution in [-0.4, -0.2) is 67.1 Å². The molecule has 1 amide bonds. The Morgan fingerprint density at radius 2 is 1.96 bits per heavy atom. The van der Waals surface area contributed by atoms with E-state index < -0.39 is 0 Å². The zero-order valence-electron chi connectivity index (χ0n) is 15.9. The van der Waals surface area contributed by atoms with Gasteiger partial charge in [0.15, 0.2) is 11.7 Å². The Bertz CT molecular complexity index is 802. The number of furan rings is 1. The highest BCUT2D eigenvalue weighted by Gasteiger charge is 2.25. The van der Waals surface area contributed by atoms with Gasteiger partial charge in [0.05, 0.1) is 13.4 Å². The third-order valence-electron chi connectivity index (χ3n) is 4.53. The van der Waals surface area contributed by atoms with Crippen LogP contribution in [0.5, 0.6) is 11.5 Å². The summed E-state index contributed by atoms with van der Waals surface area (Å²) in [6, 6.07) is 8.50. The van der Waals surface area contributed by atoms with Gasteiger partial charge in [-0.1, -0.05) is 0 Å². The second kappa shape index (κ2) is 10.2. The van der Waals surface area contributed by atoms with Crippen LogP contribution in [0.2, 0.25) is 0 Å². The summed E-state index contributed by atoms with van der Waals surface area (Å²) in [6.07, 6.45) is 1.50. The number of piperazine rings is 1. The number of nitrogens with zero attached hydrogens (tertiary/aromatic N) is 3. The molecule has 9 heteroatoms. The zero-order chi connectivity index (χ0) is 19.2. The standard InChI is InChI=1S/C19H24N4O4.HI/c1-20-19(21-13-14-12-15(26-2)5-6-16(14)24)23-9-7-22(8-10-23)18(25)17-4-3-11-27-17;/h3-6,11-12,24H,7-10,13H2,1-2H3,(H,20,21);1H. The molecule has 2 N–H and O–H groups in total. The second-order valence-corrected chi connectivity index (χ2v) is 6.15. The summed E-state index contributed by atoms with van der Waals surface area (Å²) in [7, 11) is 3.31. The number of amides is 1. The highest BCUT2D eigenvalue weighted by Crippen LogP contribution is 2.22. The number of hydrogen-bond acceptors (Lipinski definition) is 5. The number of nitrogens with one attached hydrogen (secondary N) is 1. The lowest BCUT2D eigenvalue weighted by molar-refractivity contribution is 0.0657. The highest BCUT2D eigenvalue weighted by molar-refractivity contribution is 14.0. The van der Waals surface area contributed by atoms with Gasteiger partial charge in [-0.15, -0.1) is 24.0 Å². The molecule has 28 heavy (non-hydrogen) atoms. The second-order valence-electron chi connectivity index (χ2n) is 6.15. The molecule has 2 aromatic rings. The Hall–Kier alpha value is -2.43. The average molecular weight is 500 g/mol. The molecule has 152 valence electrons. The van der Waals surface area contributed by atoms with Gasteiger partial charge in [-0.05, 0) is 30.3 Å². The first-order valence-electron chi connectivity index (χ1n) is 8.76. The number of carbonyl (C=O) groups is 1. The van der Waals surface area contributed by atoms with Gasteiger partial charge >= 0.3 is 0 Å². The maximum Gasteiger partial charge on any atom is 0.289 e. The van der Waals surface area contributed by atoms with Crippen molar-refractivity contribution in [3.05, 3.63) is 47.9 Å². The van der Waals surface area contributed by atoms with Crippen molar-refractivity contribution >= 4 is 35.8 Å². The number of guanidine groups is 1. The molecule has 0 unspecified atom stereocenters. The summed E-state index contributed by atoms with van der Waals surface area (Å²) in [5.74, 6) is 1.88. The highest BCUT2D eigenvalue weighted by atomic mass is 127. The fourth-order valence-electron chi connectivity index (χ4n) is 3.01. The number of methoxy groups -OCH3 is 1. The van der Waals surface area contributed by atoms with Crippen LogP contribution < -0.4 is 10.1 Å². The van der Waals surface area contributed by atoms with Crippen LogP contribution in [0.3, 0.4) is 0 Å². The van der Waals surface area contributed by atoms with Crippen LogP contribution in [0.1, 0.15) is 16.1 Å². The zero-order valence-corrected chi connectivity index (χ0v) is 18.3. The normalized spacial score (nSPS) is 14.4. The van der Waals surface area contributed by atoms with Crippen LogP contribution in [0.4, 0.5) is 0 Å². The van der Waals surface area contributed by atoms with E-state index in [2.05, 4.69) is 15.2 Å². The summed E-state index contributed by atoms with van der Waals surface area (Å²) in [5, 5.41) is 13.3. The topological polar surface area (TPSA) is 90.5 Å². The van der Waals surface area contributed by atoms with Crippen LogP contribution in [0.15, 0.2) is 46.0 Å². The first-order valence-corrected chi connectivity index (χ1v) is 8.76. The van der Waals surface area contributed by atoms with Gasteiger partial charge in [-0.25, -0.2) is 0 Å². The number of aliphatic imine (C=N–C) groups is 1. The predicted molar refractivity (Wildman–Crippen MR) is 116 cm³/mol. The largest absolute Gasteiger partial charge is 0.508 e. The molecule has 0 saturated carbocycles. The molecule has 1 saturated heterocycles. The van der Waals surface area contributed by atoms with E-state index in [1.165, 1.54) is 6.26 Å². The maximum atomic E-state index is 12.3. The van der Waals surface area contributed by atoms with Gasteiger partial charge in [-0.3, -0.25) is 9.79 Å². The molecule has 1 fully saturated rings. The van der Waals surface area contributed by atoms with Crippen molar-refractivity contribution in [2.45, 2.75) is 6.54 Å². The molecule has 3 rings (SSSR count). The van der Waals surface area contributed by atoms with Crippen molar-refractivity contribution in [2.75, 3.05) is 40.3 Å². The van der Waals surface area contributed by atoms with Gasteiger partial charge in [0.2, 0.25) is 0 Å². The fraction of sp³-hybridized carbons (Fsp3) is 0.368. The van der Waals surface area contributed by atoms with Crippen molar-refractivity contribution in [3.8, 4) is 11.5 Å². The Morgan fingerprint density at radius 1 is 1.25 bits per heavy atom. The van der Waals surface area contributed by atoms with E-state index in [4.69, 9.17) is 9.15 Å². The Labute approximate surface area is 181 Å². The molecule has 1 aliphatic heterocycles. The molecule has 8 nitrogen and oxygen atoms in total. The maximum absolute atomic E-state index is 12.3. The van der Waals surface area contributed by atoms with Crippen molar-refractivity contribution < 1.29 is 19.1 Å². The summed E-state index contributed by atoms with van der Waals surface area (Å²) < 4.78 is 10.4. The van der Waals surface area contributed by atoms with Gasteiger partial charge < -0.3 is 29.4 Å². The van der Waals surface area contributed by atoms with Gasteiger partial charge in [0, 0.05) is 45.3 Å². The van der Waals surface area contributed by atoms with Gasteiger partial charge in [-0.2, -0.15) is 0 Å². The lowest BCUT2D eigenvalue weighted by Crippen LogP contribution is -2.53. The summed E-state index contributed by atoms with van der Waals surface area (Å²) in [4.78, 5) is 20.5. The smallest absolute Gasteiger partial charge is 0.289 e. The lowest BCUT2D eigenvalue weighted by atomic mass is 10.2. The van der Waals surface area contributed by atoms with Crippen molar-refractivity contribution in [2.24, 2.45) is 4.99 Å². The molecular formula is C19H25IN4O4. The first kappa shape index (κ1) is 21.9. The molecule has 2 heterocycles. The molecule has 0 bridgehead atoms. The lowest BCUT2D eigenvalue weighted by Gasteiger charge is -2.36. The number of rotatable bonds is 4. The van der Waals surface area contributed by atoms with Gasteiger partial charge in [0.25, 0.3) is 5.91 Å². The monoisotopic (exact) mass is 500 g/mol. The molecule has 1 aromatic carbocycles. The van der Waals surface area contributed by atoms with Crippen LogP contribution in [0.25, 0.3) is 0 Å². The number of ether oxygens (including phenoxy) is 1. The number of carbonyl (C=O) groups excluding carboxylic acids is 1. The number of phenolic OH excluding ortho intramolecular Hbond substituents is 1. The number of phenols is 1. The summed E-state index contributed by atoms with van der Waals surface area (Å²) >= 11 is 0. The molecular weight excluding hydrogens is 475 g/mol. The van der Waals surface area contributed by atoms with E-state index >= 15 is 0 Å². The summed E-state index contributed by atoms with van der Waals surface area (Å²) in [6.45, 7) is 2.92. The van der Waals surface area contributed by atoms with E-state index in [0.29, 0.717) is 44.2 Å². The molecule has 0 spiro atoms. The van der Waals surface area contributed by atoms with Crippen molar-refractivity contribution in [1.29, 1.82) is 0 Å². The molecule has 0 aliphatic carbocycles. The van der Waals surface area contributed by atoms with Crippen molar-refractivity contribution in [1.82, 2.24) is 15.1 Å². The third-order valence-corrected chi connectivity index (χ3v) is 4.53. The van der Waals surface area contributed by atoms with E-state index in [1.54, 1.807) is 49.4 Å². The molecule has 0 radical (unpaired) electrons. The van der Waals surface area contributed by atoms with E-state index in [-0.39, 0.29) is 35.6 Å². The Kier molecular flexibility index (Phi) is 7.97. The average Bonchev–Trinajstić information content (AvgIpc) is 3.24. The Balaban J connectivity index is 0.00000280. The summed E-state index contributed by atoms with van der Waals surface area (Å²) in [5.41, 5.74) is 0.724.